The molecule has 1 aromatic rings. The van der Waals surface area contributed by atoms with Crippen molar-refractivity contribution in [3.8, 4) is 0 Å². The summed E-state index contributed by atoms with van der Waals surface area (Å²) in [6.07, 6.45) is 0.499. The molecule has 1 rings (SSSR count). The number of nitro benzene ring substituents is 1. The fraction of sp³-hybridized carbons (Fsp3) is 0.417. The van der Waals surface area contributed by atoms with Gasteiger partial charge in [-0.1, -0.05) is 6.92 Å². The maximum absolute atomic E-state index is 12.0. The molecule has 19 heavy (non-hydrogen) atoms. The summed E-state index contributed by atoms with van der Waals surface area (Å²) in [5, 5.41) is 23.1. The summed E-state index contributed by atoms with van der Waals surface area (Å²) < 4.78 is 0.622. The van der Waals surface area contributed by atoms with Crippen LogP contribution in [0.3, 0.4) is 0 Å². The average molecular weight is 378 g/mol. The first-order chi connectivity index (χ1) is 8.76. The van der Waals surface area contributed by atoms with Crippen LogP contribution in [0.15, 0.2) is 18.2 Å². The number of halogens is 1. The number of hydrogen-bond acceptors (Lipinski definition) is 4. The van der Waals surface area contributed by atoms with Gasteiger partial charge < -0.3 is 10.4 Å². The van der Waals surface area contributed by atoms with E-state index < -0.39 is 16.4 Å². The summed E-state index contributed by atoms with van der Waals surface area (Å²) in [4.78, 5) is 22.1. The number of nitrogens with one attached hydrogen (secondary N) is 1. The highest BCUT2D eigenvalue weighted by molar-refractivity contribution is 14.1. The molecule has 0 bridgehead atoms. The van der Waals surface area contributed by atoms with Crippen LogP contribution in [-0.4, -0.2) is 28.1 Å². The Kier molecular flexibility index (Phi) is 5.24. The molecule has 0 heterocycles. The van der Waals surface area contributed by atoms with Gasteiger partial charge in [0.25, 0.3) is 11.6 Å². The van der Waals surface area contributed by atoms with Gasteiger partial charge >= 0.3 is 0 Å². The van der Waals surface area contributed by atoms with Gasteiger partial charge in [-0.15, -0.1) is 0 Å². The van der Waals surface area contributed by atoms with Gasteiger partial charge in [-0.2, -0.15) is 0 Å². The number of nitro groups is 1. The fourth-order valence-electron chi connectivity index (χ4n) is 1.29. The Labute approximate surface area is 124 Å². The molecule has 1 unspecified atom stereocenters. The molecule has 2 N–H and O–H groups in total. The van der Waals surface area contributed by atoms with Gasteiger partial charge in [-0.3, -0.25) is 14.9 Å². The van der Waals surface area contributed by atoms with Crippen LogP contribution in [0, 0.1) is 13.7 Å². The van der Waals surface area contributed by atoms with Crippen molar-refractivity contribution in [2.75, 3.05) is 6.54 Å². The summed E-state index contributed by atoms with van der Waals surface area (Å²) in [6, 6.07) is 4.10. The largest absolute Gasteiger partial charge is 0.388 e. The first kappa shape index (κ1) is 15.8. The quantitative estimate of drug-likeness (QED) is 0.466. The lowest BCUT2D eigenvalue weighted by atomic mass is 10.0. The number of benzene rings is 1. The van der Waals surface area contributed by atoms with Crippen molar-refractivity contribution in [2.45, 2.75) is 25.9 Å². The topological polar surface area (TPSA) is 92.5 Å². The number of nitrogens with zero attached hydrogens (tertiary/aromatic N) is 1. The number of aliphatic hydroxyl groups is 1. The van der Waals surface area contributed by atoms with Crippen LogP contribution in [0.2, 0.25) is 0 Å². The first-order valence-corrected chi connectivity index (χ1v) is 6.79. The third kappa shape index (κ3) is 4.43. The molecule has 0 saturated heterocycles. The number of carbonyl (C=O) groups is 1. The second kappa shape index (κ2) is 6.29. The van der Waals surface area contributed by atoms with E-state index in [4.69, 9.17) is 0 Å². The third-order valence-corrected chi connectivity index (χ3v) is 3.74. The van der Waals surface area contributed by atoms with Gasteiger partial charge in [0.2, 0.25) is 0 Å². The Hall–Kier alpha value is -1.22. The highest BCUT2D eigenvalue weighted by Gasteiger charge is 2.21. The molecule has 0 aliphatic heterocycles. The van der Waals surface area contributed by atoms with Crippen LogP contribution in [0.4, 0.5) is 5.69 Å². The highest BCUT2D eigenvalue weighted by Crippen LogP contribution is 2.19. The molecule has 0 radical (unpaired) electrons. The molecule has 104 valence electrons. The Morgan fingerprint density at radius 2 is 2.21 bits per heavy atom. The lowest BCUT2D eigenvalue weighted by Gasteiger charge is -2.21. The van der Waals surface area contributed by atoms with Gasteiger partial charge in [-0.25, -0.2) is 0 Å². The zero-order valence-corrected chi connectivity index (χ0v) is 12.8. The van der Waals surface area contributed by atoms with Crippen molar-refractivity contribution in [3.63, 3.8) is 0 Å². The fourth-order valence-corrected chi connectivity index (χ4v) is 1.87. The molecule has 0 aliphatic rings. The van der Waals surface area contributed by atoms with E-state index in [1.165, 1.54) is 18.2 Å². The molecule has 0 spiro atoms. The first-order valence-electron chi connectivity index (χ1n) is 5.71. The lowest BCUT2D eigenvalue weighted by molar-refractivity contribution is -0.384. The molecule has 1 amide bonds. The number of carbonyl (C=O) groups excluding carboxylic acids is 1. The predicted octanol–water partition coefficient (Wildman–Crippen LogP) is 2.09. The molecule has 1 aromatic carbocycles. The Bertz CT molecular complexity index is 503. The van der Waals surface area contributed by atoms with Crippen LogP contribution in [0.1, 0.15) is 30.6 Å². The highest BCUT2D eigenvalue weighted by atomic mass is 127. The van der Waals surface area contributed by atoms with Crippen LogP contribution < -0.4 is 5.32 Å². The van der Waals surface area contributed by atoms with Crippen molar-refractivity contribution in [2.24, 2.45) is 0 Å². The maximum Gasteiger partial charge on any atom is 0.270 e. The normalized spacial score (nSPS) is 13.7. The van der Waals surface area contributed by atoms with E-state index in [1.54, 1.807) is 6.92 Å². The van der Waals surface area contributed by atoms with Gasteiger partial charge in [0.05, 0.1) is 16.1 Å². The molecule has 1 atom stereocenters. The third-order valence-electron chi connectivity index (χ3n) is 2.80. The summed E-state index contributed by atoms with van der Waals surface area (Å²) in [6.45, 7) is 3.52. The molecular formula is C12H15IN2O4. The Morgan fingerprint density at radius 3 is 2.74 bits per heavy atom. The monoisotopic (exact) mass is 378 g/mol. The Morgan fingerprint density at radius 1 is 1.58 bits per heavy atom. The summed E-state index contributed by atoms with van der Waals surface area (Å²) >= 11 is 1.94. The predicted molar refractivity (Wildman–Crippen MR) is 79.1 cm³/mol. The number of rotatable bonds is 5. The van der Waals surface area contributed by atoms with E-state index in [-0.39, 0.29) is 17.8 Å². The van der Waals surface area contributed by atoms with Crippen LogP contribution in [0.5, 0.6) is 0 Å². The van der Waals surface area contributed by atoms with Gasteiger partial charge in [0, 0.05) is 22.2 Å². The van der Waals surface area contributed by atoms with E-state index >= 15 is 0 Å². The second-order valence-corrected chi connectivity index (χ2v) is 5.62. The molecular weight excluding hydrogens is 363 g/mol. The molecule has 0 aromatic heterocycles. The van der Waals surface area contributed by atoms with Crippen molar-refractivity contribution < 1.29 is 14.8 Å². The summed E-state index contributed by atoms with van der Waals surface area (Å²) in [5.41, 5.74) is -0.878. The summed E-state index contributed by atoms with van der Waals surface area (Å²) in [5.74, 6) is -0.429. The Balaban J connectivity index is 2.88. The minimum Gasteiger partial charge on any atom is -0.388 e. The van der Waals surface area contributed by atoms with E-state index in [0.717, 1.165) is 0 Å². The smallest absolute Gasteiger partial charge is 0.270 e. The zero-order valence-electron chi connectivity index (χ0n) is 10.6. The van der Waals surface area contributed by atoms with Crippen molar-refractivity contribution >= 4 is 34.2 Å². The van der Waals surface area contributed by atoms with Crippen LogP contribution in [0.25, 0.3) is 0 Å². The van der Waals surface area contributed by atoms with Gasteiger partial charge in [0.15, 0.2) is 0 Å². The second-order valence-electron chi connectivity index (χ2n) is 4.45. The molecule has 6 nitrogen and oxygen atoms in total. The summed E-state index contributed by atoms with van der Waals surface area (Å²) in [7, 11) is 0. The minimum atomic E-state index is -0.984. The zero-order chi connectivity index (χ0) is 14.6. The van der Waals surface area contributed by atoms with Crippen LogP contribution >= 0.6 is 22.6 Å². The maximum atomic E-state index is 12.0. The average Bonchev–Trinajstić information content (AvgIpc) is 2.36. The minimum absolute atomic E-state index is 0.0983. The SMILES string of the molecule is CCC(C)(O)CNC(=O)c1cc([N+](=O)[O-])ccc1I. The van der Waals surface area contributed by atoms with E-state index in [0.29, 0.717) is 9.99 Å². The van der Waals surface area contributed by atoms with E-state index in [2.05, 4.69) is 5.32 Å². The van der Waals surface area contributed by atoms with E-state index in [9.17, 15) is 20.0 Å². The number of hydrogen-bond donors (Lipinski definition) is 2. The molecule has 7 heteroatoms. The van der Waals surface area contributed by atoms with E-state index in [1.807, 2.05) is 29.5 Å². The van der Waals surface area contributed by atoms with Crippen molar-refractivity contribution in [3.05, 3.63) is 37.4 Å². The molecule has 0 fully saturated rings. The van der Waals surface area contributed by atoms with Crippen molar-refractivity contribution in [1.29, 1.82) is 0 Å². The van der Waals surface area contributed by atoms with Gasteiger partial charge in [0.1, 0.15) is 0 Å². The van der Waals surface area contributed by atoms with Gasteiger partial charge in [-0.05, 0) is 42.0 Å². The standard InChI is InChI=1S/C12H15IN2O4/c1-3-12(2,17)7-14-11(16)9-6-8(15(18)19)4-5-10(9)13/h4-6,17H,3,7H2,1-2H3,(H,14,16). The molecule has 0 saturated carbocycles. The van der Waals surface area contributed by atoms with Crippen LogP contribution in [-0.2, 0) is 0 Å². The number of non-ortho nitro benzene ring substituents is 1. The molecule has 0 aliphatic carbocycles. The van der Waals surface area contributed by atoms with Crippen molar-refractivity contribution in [1.82, 2.24) is 5.32 Å². The lowest BCUT2D eigenvalue weighted by Crippen LogP contribution is -2.40. The number of amides is 1.